The molecule has 28 heavy (non-hydrogen) atoms. The number of benzene rings is 2. The fraction of sp³-hybridized carbons (Fsp3) is 0.167. The zero-order valence-electron chi connectivity index (χ0n) is 14.8. The van der Waals surface area contributed by atoms with Crippen molar-refractivity contribution in [3.63, 3.8) is 0 Å². The van der Waals surface area contributed by atoms with Gasteiger partial charge in [0.15, 0.2) is 0 Å². The molecule has 0 spiro atoms. The van der Waals surface area contributed by atoms with Gasteiger partial charge in [-0.3, -0.25) is 14.3 Å². The first-order valence-electron chi connectivity index (χ1n) is 8.32. The van der Waals surface area contributed by atoms with Gasteiger partial charge >= 0.3 is 5.97 Å². The number of fused-ring (bicyclic) bond motifs is 1. The summed E-state index contributed by atoms with van der Waals surface area (Å²) in [6, 6.07) is 9.83. The topological polar surface area (TPSA) is 131 Å². The second kappa shape index (κ2) is 7.69. The Kier molecular flexibility index (Phi) is 5.32. The fourth-order valence-corrected chi connectivity index (χ4v) is 3.65. The molecule has 0 atom stereocenters. The average molecular weight is 403 g/mol. The third-order valence-electron chi connectivity index (χ3n) is 3.80. The number of ether oxygens (including phenoxy) is 1. The van der Waals surface area contributed by atoms with E-state index in [9.17, 15) is 22.8 Å². The third kappa shape index (κ3) is 4.29. The Hall–Kier alpha value is -3.40. The molecule has 0 unspecified atom stereocenters. The largest absolute Gasteiger partial charge is 0.462 e. The van der Waals surface area contributed by atoms with E-state index in [0.29, 0.717) is 5.69 Å². The maximum atomic E-state index is 12.7. The average Bonchev–Trinajstić information content (AvgIpc) is 2.77. The van der Waals surface area contributed by atoms with Crippen molar-refractivity contribution in [1.82, 2.24) is 0 Å². The van der Waals surface area contributed by atoms with Crippen LogP contribution in [-0.4, -0.2) is 32.8 Å². The molecule has 2 aromatic carbocycles. The van der Waals surface area contributed by atoms with E-state index in [1.54, 1.807) is 6.92 Å². The second-order valence-corrected chi connectivity index (χ2v) is 7.57. The van der Waals surface area contributed by atoms with E-state index >= 15 is 0 Å². The van der Waals surface area contributed by atoms with E-state index < -0.39 is 27.8 Å². The molecule has 2 amide bonds. The summed E-state index contributed by atoms with van der Waals surface area (Å²) in [5.74, 6) is -1.59. The molecule has 1 aliphatic heterocycles. The highest BCUT2D eigenvalue weighted by atomic mass is 32.2. The molecular weight excluding hydrogens is 386 g/mol. The third-order valence-corrected chi connectivity index (χ3v) is 5.18. The molecule has 1 aliphatic rings. The van der Waals surface area contributed by atoms with Crippen molar-refractivity contribution >= 4 is 44.9 Å². The van der Waals surface area contributed by atoms with Crippen LogP contribution in [0.2, 0.25) is 0 Å². The maximum absolute atomic E-state index is 12.7. The van der Waals surface area contributed by atoms with Crippen molar-refractivity contribution in [2.45, 2.75) is 18.2 Å². The number of anilines is 3. The molecule has 10 heteroatoms. The van der Waals surface area contributed by atoms with Crippen LogP contribution in [0.3, 0.4) is 0 Å². The summed E-state index contributed by atoms with van der Waals surface area (Å²) in [6.07, 6.45) is -0.352. The first kappa shape index (κ1) is 19.4. The van der Waals surface area contributed by atoms with Gasteiger partial charge in [0, 0.05) is 5.69 Å². The van der Waals surface area contributed by atoms with Gasteiger partial charge in [-0.05, 0) is 43.3 Å². The molecule has 0 radical (unpaired) electrons. The summed E-state index contributed by atoms with van der Waals surface area (Å²) >= 11 is 0. The van der Waals surface area contributed by atoms with Crippen LogP contribution < -0.4 is 15.4 Å². The van der Waals surface area contributed by atoms with Crippen LogP contribution in [0.25, 0.3) is 0 Å². The van der Waals surface area contributed by atoms with Crippen molar-refractivity contribution in [3.05, 3.63) is 48.0 Å². The highest BCUT2D eigenvalue weighted by molar-refractivity contribution is 7.92. The SMILES string of the molecule is CCOC(=O)c1cccc(NS(=O)(=O)c2ccc3c(c2)NC(=O)CC(=O)N3)c1. The van der Waals surface area contributed by atoms with Gasteiger partial charge < -0.3 is 15.4 Å². The van der Waals surface area contributed by atoms with E-state index in [4.69, 9.17) is 4.74 Å². The molecular formula is C18H17N3O6S. The van der Waals surface area contributed by atoms with Crippen LogP contribution in [0.5, 0.6) is 0 Å². The van der Waals surface area contributed by atoms with Crippen LogP contribution in [0.1, 0.15) is 23.7 Å². The number of rotatable bonds is 5. The highest BCUT2D eigenvalue weighted by Crippen LogP contribution is 2.28. The molecule has 0 saturated heterocycles. The molecule has 3 rings (SSSR count). The Morgan fingerprint density at radius 2 is 1.79 bits per heavy atom. The Morgan fingerprint density at radius 1 is 1.07 bits per heavy atom. The predicted octanol–water partition coefficient (Wildman–Crippen LogP) is 1.94. The lowest BCUT2D eigenvalue weighted by molar-refractivity contribution is -0.123. The van der Waals surface area contributed by atoms with Gasteiger partial charge in [0.05, 0.1) is 28.4 Å². The summed E-state index contributed by atoms with van der Waals surface area (Å²) in [4.78, 5) is 34.9. The van der Waals surface area contributed by atoms with E-state index in [-0.39, 0.29) is 34.9 Å². The summed E-state index contributed by atoms with van der Waals surface area (Å²) in [7, 11) is -4.01. The predicted molar refractivity (Wildman–Crippen MR) is 102 cm³/mol. The number of carbonyl (C=O) groups is 3. The van der Waals surface area contributed by atoms with Gasteiger partial charge in [0.2, 0.25) is 11.8 Å². The smallest absolute Gasteiger partial charge is 0.338 e. The Bertz CT molecular complexity index is 1060. The molecule has 0 saturated carbocycles. The van der Waals surface area contributed by atoms with E-state index in [0.717, 1.165) is 0 Å². The number of amides is 2. The monoisotopic (exact) mass is 403 g/mol. The van der Waals surface area contributed by atoms with Crippen LogP contribution in [0.4, 0.5) is 17.1 Å². The summed E-state index contributed by atoms with van der Waals surface area (Å²) < 4.78 is 32.7. The number of nitrogens with one attached hydrogen (secondary N) is 3. The van der Waals surface area contributed by atoms with Crippen molar-refractivity contribution < 1.29 is 27.5 Å². The minimum absolute atomic E-state index is 0.121. The molecule has 3 N–H and O–H groups in total. The molecule has 0 fully saturated rings. The number of hydrogen-bond donors (Lipinski definition) is 3. The zero-order chi connectivity index (χ0) is 20.3. The molecule has 0 aliphatic carbocycles. The molecule has 1 heterocycles. The molecule has 146 valence electrons. The Balaban J connectivity index is 1.88. The van der Waals surface area contributed by atoms with Crippen molar-refractivity contribution in [2.24, 2.45) is 0 Å². The quantitative estimate of drug-likeness (QED) is 0.517. The minimum Gasteiger partial charge on any atom is -0.462 e. The van der Waals surface area contributed by atoms with Crippen molar-refractivity contribution in [2.75, 3.05) is 22.0 Å². The lowest BCUT2D eigenvalue weighted by Crippen LogP contribution is -2.16. The van der Waals surface area contributed by atoms with Gasteiger partial charge in [0.25, 0.3) is 10.0 Å². The number of sulfonamides is 1. The van der Waals surface area contributed by atoms with E-state index in [1.165, 1.54) is 42.5 Å². The van der Waals surface area contributed by atoms with Gasteiger partial charge in [-0.1, -0.05) is 6.07 Å². The highest BCUT2D eigenvalue weighted by Gasteiger charge is 2.22. The fourth-order valence-electron chi connectivity index (χ4n) is 2.58. The Morgan fingerprint density at radius 3 is 2.50 bits per heavy atom. The van der Waals surface area contributed by atoms with Gasteiger partial charge in [-0.25, -0.2) is 13.2 Å². The van der Waals surface area contributed by atoms with Gasteiger partial charge in [-0.2, -0.15) is 0 Å². The van der Waals surface area contributed by atoms with Crippen LogP contribution in [0.15, 0.2) is 47.4 Å². The minimum atomic E-state index is -4.01. The van der Waals surface area contributed by atoms with Gasteiger partial charge in [0.1, 0.15) is 6.42 Å². The van der Waals surface area contributed by atoms with E-state index in [1.807, 2.05) is 0 Å². The number of carbonyl (C=O) groups excluding carboxylic acids is 3. The van der Waals surface area contributed by atoms with Crippen LogP contribution >= 0.6 is 0 Å². The van der Waals surface area contributed by atoms with Crippen molar-refractivity contribution in [1.29, 1.82) is 0 Å². The molecule has 0 bridgehead atoms. The summed E-state index contributed by atoms with van der Waals surface area (Å²) in [6.45, 7) is 1.87. The maximum Gasteiger partial charge on any atom is 0.338 e. The standard InChI is InChI=1S/C18H17N3O6S/c1-2-27-18(24)11-4-3-5-12(8-11)21-28(25,26)13-6-7-14-15(9-13)20-17(23)10-16(22)19-14/h3-9,21H,2,10H2,1H3,(H,19,22)(H,20,23). The normalized spacial score (nSPS) is 13.6. The van der Waals surface area contributed by atoms with Crippen LogP contribution in [-0.2, 0) is 24.3 Å². The number of hydrogen-bond acceptors (Lipinski definition) is 6. The van der Waals surface area contributed by atoms with E-state index in [2.05, 4.69) is 15.4 Å². The first-order chi connectivity index (χ1) is 13.3. The van der Waals surface area contributed by atoms with Gasteiger partial charge in [-0.15, -0.1) is 0 Å². The van der Waals surface area contributed by atoms with Crippen molar-refractivity contribution in [3.8, 4) is 0 Å². The molecule has 2 aromatic rings. The molecule has 0 aromatic heterocycles. The molecule has 9 nitrogen and oxygen atoms in total. The Labute approximate surface area is 161 Å². The summed E-state index contributed by atoms with van der Waals surface area (Å²) in [5.41, 5.74) is 0.870. The number of esters is 1. The zero-order valence-corrected chi connectivity index (χ0v) is 15.6. The lowest BCUT2D eigenvalue weighted by atomic mass is 10.2. The van der Waals surface area contributed by atoms with Crippen LogP contribution in [0, 0.1) is 0 Å². The second-order valence-electron chi connectivity index (χ2n) is 5.89. The lowest BCUT2D eigenvalue weighted by Gasteiger charge is -2.12. The summed E-state index contributed by atoms with van der Waals surface area (Å²) in [5, 5.41) is 5.02. The first-order valence-corrected chi connectivity index (χ1v) is 9.80.